The minimum Gasteiger partial charge on any atom is -0.494 e. The van der Waals surface area contributed by atoms with Crippen molar-refractivity contribution in [2.45, 2.75) is 39.5 Å². The maximum absolute atomic E-state index is 12.1. The van der Waals surface area contributed by atoms with E-state index >= 15 is 0 Å². The summed E-state index contributed by atoms with van der Waals surface area (Å²) in [5.74, 6) is 1.32. The number of hydrogen-bond acceptors (Lipinski definition) is 2. The number of ether oxygens (including phenoxy) is 1. The van der Waals surface area contributed by atoms with Crippen molar-refractivity contribution in [1.82, 2.24) is 5.32 Å². The molecule has 0 radical (unpaired) electrons. The fourth-order valence-corrected chi connectivity index (χ4v) is 2.53. The Bertz CT molecular complexity index is 630. The first-order valence-electron chi connectivity index (χ1n) is 8.70. The summed E-state index contributed by atoms with van der Waals surface area (Å²) < 4.78 is 5.38. The standard InChI is InChI=1S/C21H27NO2/c1-4-24-20-13-11-19(12-14-20)21(23)22-15-5-6-17-7-9-18(10-8-17)16(2)3/h7-14,16H,4-6,15H2,1-3H3,(H,22,23). The molecule has 128 valence electrons. The molecule has 0 fully saturated rings. The van der Waals surface area contributed by atoms with E-state index in [9.17, 15) is 4.79 Å². The van der Waals surface area contributed by atoms with Crippen LogP contribution in [-0.2, 0) is 6.42 Å². The number of carbonyl (C=O) groups excluding carboxylic acids is 1. The molecule has 0 heterocycles. The lowest BCUT2D eigenvalue weighted by atomic mass is 10.0. The first-order valence-corrected chi connectivity index (χ1v) is 8.70. The highest BCUT2D eigenvalue weighted by molar-refractivity contribution is 5.94. The van der Waals surface area contributed by atoms with E-state index in [2.05, 4.69) is 43.4 Å². The second kappa shape index (κ2) is 9.11. The number of hydrogen-bond donors (Lipinski definition) is 1. The van der Waals surface area contributed by atoms with Crippen LogP contribution in [0.15, 0.2) is 48.5 Å². The van der Waals surface area contributed by atoms with Crippen molar-refractivity contribution in [3.63, 3.8) is 0 Å². The Morgan fingerprint density at radius 1 is 1.04 bits per heavy atom. The molecule has 2 aromatic rings. The van der Waals surface area contributed by atoms with Gasteiger partial charge in [0.25, 0.3) is 5.91 Å². The molecule has 2 rings (SSSR count). The van der Waals surface area contributed by atoms with Crippen molar-refractivity contribution >= 4 is 5.91 Å². The number of aryl methyl sites for hydroxylation is 1. The highest BCUT2D eigenvalue weighted by Gasteiger charge is 2.05. The van der Waals surface area contributed by atoms with Gasteiger partial charge in [-0.2, -0.15) is 0 Å². The second-order valence-electron chi connectivity index (χ2n) is 6.21. The van der Waals surface area contributed by atoms with Crippen molar-refractivity contribution in [1.29, 1.82) is 0 Å². The molecule has 0 aliphatic heterocycles. The smallest absolute Gasteiger partial charge is 0.251 e. The molecule has 1 N–H and O–H groups in total. The summed E-state index contributed by atoms with van der Waals surface area (Å²) in [6.45, 7) is 7.65. The molecule has 0 bridgehead atoms. The molecule has 0 aliphatic rings. The maximum atomic E-state index is 12.1. The van der Waals surface area contributed by atoms with E-state index in [0.29, 0.717) is 24.6 Å². The number of nitrogens with one attached hydrogen (secondary N) is 1. The molecule has 24 heavy (non-hydrogen) atoms. The summed E-state index contributed by atoms with van der Waals surface area (Å²) in [7, 11) is 0. The largest absolute Gasteiger partial charge is 0.494 e. The number of benzene rings is 2. The van der Waals surface area contributed by atoms with Crippen LogP contribution in [0.5, 0.6) is 5.75 Å². The minimum atomic E-state index is -0.0341. The molecule has 2 aromatic carbocycles. The third kappa shape index (κ3) is 5.41. The van der Waals surface area contributed by atoms with E-state index in [1.807, 2.05) is 19.1 Å². The zero-order valence-electron chi connectivity index (χ0n) is 14.8. The van der Waals surface area contributed by atoms with Crippen LogP contribution >= 0.6 is 0 Å². The van der Waals surface area contributed by atoms with Crippen molar-refractivity contribution in [2.24, 2.45) is 0 Å². The van der Waals surface area contributed by atoms with Gasteiger partial charge < -0.3 is 10.1 Å². The predicted molar refractivity (Wildman–Crippen MR) is 98.8 cm³/mol. The summed E-state index contributed by atoms with van der Waals surface area (Å²) in [6, 6.07) is 16.0. The summed E-state index contributed by atoms with van der Waals surface area (Å²) in [6.07, 6.45) is 1.91. The monoisotopic (exact) mass is 325 g/mol. The van der Waals surface area contributed by atoms with Crippen LogP contribution in [0.1, 0.15) is 54.6 Å². The Hall–Kier alpha value is -2.29. The quantitative estimate of drug-likeness (QED) is 0.722. The van der Waals surface area contributed by atoms with Gasteiger partial charge in [-0.1, -0.05) is 38.1 Å². The Morgan fingerprint density at radius 2 is 1.71 bits per heavy atom. The Labute approximate surface area is 145 Å². The third-order valence-electron chi connectivity index (χ3n) is 4.00. The fraction of sp³-hybridized carbons (Fsp3) is 0.381. The van der Waals surface area contributed by atoms with Crippen molar-refractivity contribution in [3.05, 3.63) is 65.2 Å². The van der Waals surface area contributed by atoms with Crippen LogP contribution < -0.4 is 10.1 Å². The van der Waals surface area contributed by atoms with Gasteiger partial charge in [0.05, 0.1) is 6.61 Å². The summed E-state index contributed by atoms with van der Waals surface area (Å²) in [5.41, 5.74) is 3.34. The van der Waals surface area contributed by atoms with E-state index in [1.165, 1.54) is 11.1 Å². The molecule has 0 atom stereocenters. The van der Waals surface area contributed by atoms with Crippen molar-refractivity contribution < 1.29 is 9.53 Å². The van der Waals surface area contributed by atoms with Gasteiger partial charge in [-0.3, -0.25) is 4.79 Å². The number of carbonyl (C=O) groups is 1. The van der Waals surface area contributed by atoms with Gasteiger partial charge in [0, 0.05) is 12.1 Å². The Morgan fingerprint density at radius 3 is 2.29 bits per heavy atom. The summed E-state index contributed by atoms with van der Waals surface area (Å²) >= 11 is 0. The molecule has 3 nitrogen and oxygen atoms in total. The van der Waals surface area contributed by atoms with Crippen LogP contribution in [0, 0.1) is 0 Å². The SMILES string of the molecule is CCOc1ccc(C(=O)NCCCc2ccc(C(C)C)cc2)cc1. The Balaban J connectivity index is 1.74. The van der Waals surface area contributed by atoms with Crippen molar-refractivity contribution in [3.8, 4) is 5.75 Å². The third-order valence-corrected chi connectivity index (χ3v) is 4.00. The van der Waals surface area contributed by atoms with Crippen LogP contribution in [0.3, 0.4) is 0 Å². The lowest BCUT2D eigenvalue weighted by Gasteiger charge is -2.08. The Kier molecular flexibility index (Phi) is 6.86. The minimum absolute atomic E-state index is 0.0341. The molecular formula is C21H27NO2. The zero-order valence-corrected chi connectivity index (χ0v) is 14.8. The van der Waals surface area contributed by atoms with E-state index < -0.39 is 0 Å². The lowest BCUT2D eigenvalue weighted by molar-refractivity contribution is 0.0953. The van der Waals surface area contributed by atoms with Crippen LogP contribution in [-0.4, -0.2) is 19.1 Å². The highest BCUT2D eigenvalue weighted by atomic mass is 16.5. The lowest BCUT2D eigenvalue weighted by Crippen LogP contribution is -2.24. The molecule has 0 aliphatic carbocycles. The van der Waals surface area contributed by atoms with Gasteiger partial charge in [-0.05, 0) is 61.1 Å². The number of rotatable bonds is 8. The highest BCUT2D eigenvalue weighted by Crippen LogP contribution is 2.15. The predicted octanol–water partition coefficient (Wildman–Crippen LogP) is 4.57. The van der Waals surface area contributed by atoms with Crippen LogP contribution in [0.25, 0.3) is 0 Å². The maximum Gasteiger partial charge on any atom is 0.251 e. The molecule has 3 heteroatoms. The zero-order chi connectivity index (χ0) is 17.4. The first kappa shape index (κ1) is 18.1. The van der Waals surface area contributed by atoms with E-state index in [1.54, 1.807) is 12.1 Å². The topological polar surface area (TPSA) is 38.3 Å². The van der Waals surface area contributed by atoms with Gasteiger partial charge in [0.15, 0.2) is 0 Å². The summed E-state index contributed by atoms with van der Waals surface area (Å²) in [5, 5.41) is 2.97. The van der Waals surface area contributed by atoms with Crippen LogP contribution in [0.2, 0.25) is 0 Å². The van der Waals surface area contributed by atoms with Gasteiger partial charge in [-0.25, -0.2) is 0 Å². The molecule has 0 unspecified atom stereocenters. The first-order chi connectivity index (χ1) is 11.6. The number of amides is 1. The molecule has 0 spiro atoms. The fourth-order valence-electron chi connectivity index (χ4n) is 2.53. The second-order valence-corrected chi connectivity index (χ2v) is 6.21. The molecule has 0 saturated heterocycles. The van der Waals surface area contributed by atoms with E-state index in [4.69, 9.17) is 4.74 Å². The summed E-state index contributed by atoms with van der Waals surface area (Å²) in [4.78, 5) is 12.1. The van der Waals surface area contributed by atoms with Gasteiger partial charge >= 0.3 is 0 Å². The molecule has 0 aromatic heterocycles. The van der Waals surface area contributed by atoms with Gasteiger partial charge in [-0.15, -0.1) is 0 Å². The normalized spacial score (nSPS) is 10.7. The van der Waals surface area contributed by atoms with E-state index in [0.717, 1.165) is 18.6 Å². The van der Waals surface area contributed by atoms with Gasteiger partial charge in [0.2, 0.25) is 0 Å². The average molecular weight is 325 g/mol. The average Bonchev–Trinajstić information content (AvgIpc) is 2.60. The molecule has 0 saturated carbocycles. The van der Waals surface area contributed by atoms with Gasteiger partial charge in [0.1, 0.15) is 5.75 Å². The molecular weight excluding hydrogens is 298 g/mol. The van der Waals surface area contributed by atoms with E-state index in [-0.39, 0.29) is 5.91 Å². The van der Waals surface area contributed by atoms with Crippen molar-refractivity contribution in [2.75, 3.05) is 13.2 Å². The molecule has 1 amide bonds. The van der Waals surface area contributed by atoms with Crippen LogP contribution in [0.4, 0.5) is 0 Å².